The zero-order chi connectivity index (χ0) is 19.6. The Bertz CT molecular complexity index is 642. The summed E-state index contributed by atoms with van der Waals surface area (Å²) in [6, 6.07) is 7.96. The van der Waals surface area contributed by atoms with Gasteiger partial charge in [0.2, 0.25) is 11.8 Å². The van der Waals surface area contributed by atoms with Crippen molar-refractivity contribution in [2.45, 2.75) is 33.1 Å². The van der Waals surface area contributed by atoms with E-state index >= 15 is 0 Å². The number of piperidine rings is 1. The van der Waals surface area contributed by atoms with E-state index < -0.39 is 0 Å². The van der Waals surface area contributed by atoms with E-state index in [4.69, 9.17) is 4.74 Å². The summed E-state index contributed by atoms with van der Waals surface area (Å²) in [6.07, 6.45) is 1.56. The van der Waals surface area contributed by atoms with Gasteiger partial charge in [0.1, 0.15) is 12.4 Å². The highest BCUT2D eigenvalue weighted by Crippen LogP contribution is 2.12. The second kappa shape index (κ2) is 10.5. The van der Waals surface area contributed by atoms with Gasteiger partial charge < -0.3 is 15.0 Å². The quantitative estimate of drug-likeness (QED) is 0.427. The molecule has 0 radical (unpaired) electrons. The average molecular weight is 374 g/mol. The van der Waals surface area contributed by atoms with E-state index in [1.165, 1.54) is 10.5 Å². The highest BCUT2D eigenvalue weighted by atomic mass is 16.5. The number of guanidine groups is 1. The van der Waals surface area contributed by atoms with Crippen molar-refractivity contribution in [1.29, 1.82) is 0 Å². The topological polar surface area (TPSA) is 74.2 Å². The van der Waals surface area contributed by atoms with Gasteiger partial charge in [-0.05, 0) is 32.4 Å². The first-order chi connectivity index (χ1) is 13.0. The SMILES string of the molecule is CCNC(=NCCN1C(=O)CCCC1=O)N(C)CCOc1ccc(C)cc1. The maximum atomic E-state index is 11.9. The summed E-state index contributed by atoms with van der Waals surface area (Å²) in [5.74, 6) is 1.40. The zero-order valence-electron chi connectivity index (χ0n) is 16.5. The molecule has 1 fully saturated rings. The first-order valence-corrected chi connectivity index (χ1v) is 9.53. The normalized spacial score (nSPS) is 15.1. The van der Waals surface area contributed by atoms with E-state index in [1.807, 2.05) is 50.1 Å². The number of benzene rings is 1. The van der Waals surface area contributed by atoms with Crippen LogP contribution in [0.1, 0.15) is 31.7 Å². The third-order valence-corrected chi connectivity index (χ3v) is 4.38. The number of aliphatic imine (C=N–C) groups is 1. The molecule has 1 aromatic rings. The smallest absolute Gasteiger partial charge is 0.229 e. The van der Waals surface area contributed by atoms with Crippen molar-refractivity contribution < 1.29 is 14.3 Å². The fourth-order valence-corrected chi connectivity index (χ4v) is 2.82. The molecule has 0 aromatic heterocycles. The molecule has 148 valence electrons. The van der Waals surface area contributed by atoms with E-state index in [0.717, 1.165) is 18.3 Å². The second-order valence-electron chi connectivity index (χ2n) is 6.61. The molecule has 0 bridgehead atoms. The molecule has 0 atom stereocenters. The number of likely N-dealkylation sites (tertiary alicyclic amines) is 1. The van der Waals surface area contributed by atoms with Crippen molar-refractivity contribution in [1.82, 2.24) is 15.1 Å². The summed E-state index contributed by atoms with van der Waals surface area (Å²) in [5.41, 5.74) is 1.20. The molecule has 27 heavy (non-hydrogen) atoms. The van der Waals surface area contributed by atoms with Crippen LogP contribution in [0, 0.1) is 6.92 Å². The predicted molar refractivity (Wildman–Crippen MR) is 106 cm³/mol. The number of likely N-dealkylation sites (N-methyl/N-ethyl adjacent to an activating group) is 1. The fourth-order valence-electron chi connectivity index (χ4n) is 2.82. The van der Waals surface area contributed by atoms with Gasteiger partial charge in [0, 0.05) is 33.0 Å². The molecule has 1 aliphatic heterocycles. The number of aryl methyl sites for hydroxylation is 1. The van der Waals surface area contributed by atoms with Crippen molar-refractivity contribution in [3.05, 3.63) is 29.8 Å². The minimum absolute atomic E-state index is 0.0914. The van der Waals surface area contributed by atoms with Gasteiger partial charge >= 0.3 is 0 Å². The third-order valence-electron chi connectivity index (χ3n) is 4.38. The molecule has 0 unspecified atom stereocenters. The third kappa shape index (κ3) is 6.58. The van der Waals surface area contributed by atoms with Crippen LogP contribution in [0.3, 0.4) is 0 Å². The van der Waals surface area contributed by atoms with Gasteiger partial charge in [0.05, 0.1) is 13.1 Å². The molecule has 1 aliphatic rings. The molecule has 0 aliphatic carbocycles. The van der Waals surface area contributed by atoms with Crippen LogP contribution in [-0.4, -0.2) is 67.4 Å². The molecule has 2 amide bonds. The maximum absolute atomic E-state index is 11.9. The van der Waals surface area contributed by atoms with Gasteiger partial charge in [-0.2, -0.15) is 0 Å². The Hall–Kier alpha value is -2.57. The number of carbonyl (C=O) groups is 2. The average Bonchev–Trinajstić information content (AvgIpc) is 2.64. The van der Waals surface area contributed by atoms with Gasteiger partial charge in [-0.1, -0.05) is 17.7 Å². The highest BCUT2D eigenvalue weighted by Gasteiger charge is 2.25. The van der Waals surface area contributed by atoms with Gasteiger partial charge in [-0.15, -0.1) is 0 Å². The zero-order valence-corrected chi connectivity index (χ0v) is 16.5. The largest absolute Gasteiger partial charge is 0.492 e. The molecular formula is C20H30N4O3. The monoisotopic (exact) mass is 374 g/mol. The highest BCUT2D eigenvalue weighted by molar-refractivity contribution is 5.97. The van der Waals surface area contributed by atoms with Crippen LogP contribution in [0.25, 0.3) is 0 Å². The van der Waals surface area contributed by atoms with E-state index in [1.54, 1.807) is 0 Å². The van der Waals surface area contributed by atoms with Crippen LogP contribution >= 0.6 is 0 Å². The van der Waals surface area contributed by atoms with Crippen LogP contribution in [0.15, 0.2) is 29.3 Å². The number of hydrogen-bond donors (Lipinski definition) is 1. The molecule has 7 nitrogen and oxygen atoms in total. The number of amides is 2. The first kappa shape index (κ1) is 20.7. The van der Waals surface area contributed by atoms with Crippen LogP contribution < -0.4 is 10.1 Å². The van der Waals surface area contributed by atoms with Gasteiger partial charge in [0.25, 0.3) is 0 Å². The number of imide groups is 1. The lowest BCUT2D eigenvalue weighted by atomic mass is 10.1. The molecule has 2 rings (SSSR count). The summed E-state index contributed by atoms with van der Waals surface area (Å²) in [7, 11) is 1.94. The van der Waals surface area contributed by atoms with Crippen molar-refractivity contribution in [3.63, 3.8) is 0 Å². The molecule has 1 aromatic carbocycles. The van der Waals surface area contributed by atoms with E-state index in [9.17, 15) is 9.59 Å². The maximum Gasteiger partial charge on any atom is 0.229 e. The van der Waals surface area contributed by atoms with Gasteiger partial charge in [0.15, 0.2) is 5.96 Å². The minimum atomic E-state index is -0.0914. The number of ether oxygens (including phenoxy) is 1. The van der Waals surface area contributed by atoms with E-state index in [0.29, 0.717) is 45.5 Å². The fraction of sp³-hybridized carbons (Fsp3) is 0.550. The Kier molecular flexibility index (Phi) is 8.10. The predicted octanol–water partition coefficient (Wildman–Crippen LogP) is 1.81. The number of carbonyl (C=O) groups excluding carboxylic acids is 2. The van der Waals surface area contributed by atoms with Crippen LogP contribution in [-0.2, 0) is 9.59 Å². The molecule has 1 heterocycles. The Balaban J connectivity index is 1.82. The molecule has 0 saturated carbocycles. The summed E-state index contributed by atoms with van der Waals surface area (Å²) in [4.78, 5) is 31.6. The Morgan fingerprint density at radius 2 is 1.89 bits per heavy atom. The Morgan fingerprint density at radius 3 is 2.52 bits per heavy atom. The minimum Gasteiger partial charge on any atom is -0.492 e. The lowest BCUT2D eigenvalue weighted by Crippen LogP contribution is -2.43. The molecule has 7 heteroatoms. The van der Waals surface area contributed by atoms with E-state index in [-0.39, 0.29) is 11.8 Å². The summed E-state index contributed by atoms with van der Waals surface area (Å²) in [6.45, 7) is 6.72. The number of nitrogens with one attached hydrogen (secondary N) is 1. The standard InChI is InChI=1S/C20H30N4O3/c1-4-21-20(22-12-13-24-18(25)6-5-7-19(24)26)23(3)14-15-27-17-10-8-16(2)9-11-17/h8-11H,4-7,12-15H2,1-3H3,(H,21,22). The van der Waals surface area contributed by atoms with Crippen molar-refractivity contribution >= 4 is 17.8 Å². The van der Waals surface area contributed by atoms with Crippen LogP contribution in [0.4, 0.5) is 0 Å². The van der Waals surface area contributed by atoms with Crippen molar-refractivity contribution in [2.24, 2.45) is 4.99 Å². The first-order valence-electron chi connectivity index (χ1n) is 9.53. The summed E-state index contributed by atoms with van der Waals surface area (Å²) < 4.78 is 5.77. The Labute approximate surface area is 161 Å². The molecule has 1 saturated heterocycles. The Morgan fingerprint density at radius 1 is 1.22 bits per heavy atom. The second-order valence-corrected chi connectivity index (χ2v) is 6.61. The number of rotatable bonds is 8. The van der Waals surface area contributed by atoms with Crippen molar-refractivity contribution in [3.8, 4) is 5.75 Å². The van der Waals surface area contributed by atoms with Crippen LogP contribution in [0.2, 0.25) is 0 Å². The molecule has 0 spiro atoms. The van der Waals surface area contributed by atoms with E-state index in [2.05, 4.69) is 10.3 Å². The summed E-state index contributed by atoms with van der Waals surface area (Å²) >= 11 is 0. The lowest BCUT2D eigenvalue weighted by molar-refractivity contribution is -0.147. The van der Waals surface area contributed by atoms with Gasteiger partial charge in [-0.3, -0.25) is 19.5 Å². The lowest BCUT2D eigenvalue weighted by Gasteiger charge is -2.25. The van der Waals surface area contributed by atoms with Crippen molar-refractivity contribution in [2.75, 3.05) is 39.8 Å². The molecular weight excluding hydrogens is 344 g/mol. The number of nitrogens with zero attached hydrogens (tertiary/aromatic N) is 3. The number of hydrogen-bond acceptors (Lipinski definition) is 4. The van der Waals surface area contributed by atoms with Crippen LogP contribution in [0.5, 0.6) is 5.75 Å². The van der Waals surface area contributed by atoms with Gasteiger partial charge in [-0.25, -0.2) is 0 Å². The summed E-state index contributed by atoms with van der Waals surface area (Å²) in [5, 5.41) is 3.23. The molecule has 1 N–H and O–H groups in total.